The summed E-state index contributed by atoms with van der Waals surface area (Å²) in [5.74, 6) is 0.478. The van der Waals surface area contributed by atoms with E-state index in [1.54, 1.807) is 0 Å². The summed E-state index contributed by atoms with van der Waals surface area (Å²) in [5.41, 5.74) is 6.99. The van der Waals surface area contributed by atoms with Crippen LogP contribution >= 0.6 is 11.8 Å². The highest BCUT2D eigenvalue weighted by Gasteiger charge is 2.14. The van der Waals surface area contributed by atoms with Crippen molar-refractivity contribution in [1.29, 1.82) is 0 Å². The van der Waals surface area contributed by atoms with E-state index in [2.05, 4.69) is 15.5 Å². The Morgan fingerprint density at radius 2 is 2.04 bits per heavy atom. The van der Waals surface area contributed by atoms with Crippen LogP contribution in [-0.2, 0) is 22.6 Å². The van der Waals surface area contributed by atoms with E-state index in [1.807, 2.05) is 42.7 Å². The average Bonchev–Trinajstić information content (AvgIpc) is 2.95. The summed E-state index contributed by atoms with van der Waals surface area (Å²) in [4.78, 5) is 23.0. The number of carbonyl (C=O) groups excluding carboxylic acids is 2. The highest BCUT2D eigenvalue weighted by atomic mass is 32.2. The molecular weight excluding hydrogens is 326 g/mol. The van der Waals surface area contributed by atoms with E-state index >= 15 is 0 Å². The van der Waals surface area contributed by atoms with Crippen molar-refractivity contribution in [3.8, 4) is 0 Å². The number of anilines is 1. The topological polar surface area (TPSA) is 103 Å². The summed E-state index contributed by atoms with van der Waals surface area (Å²) in [5, 5.41) is 11.7. The van der Waals surface area contributed by atoms with Gasteiger partial charge in [0.2, 0.25) is 11.8 Å². The van der Waals surface area contributed by atoms with Gasteiger partial charge in [0, 0.05) is 25.1 Å². The number of nitrogens with one attached hydrogen (secondary N) is 1. The minimum absolute atomic E-state index is 0.0985. The van der Waals surface area contributed by atoms with Crippen LogP contribution in [0.2, 0.25) is 0 Å². The van der Waals surface area contributed by atoms with Gasteiger partial charge in [-0.15, -0.1) is 10.2 Å². The number of amides is 2. The molecule has 128 valence electrons. The van der Waals surface area contributed by atoms with E-state index in [0.717, 1.165) is 11.3 Å². The molecule has 0 saturated heterocycles. The number of hydrogen-bond acceptors (Lipinski definition) is 5. The highest BCUT2D eigenvalue weighted by molar-refractivity contribution is 7.99. The maximum Gasteiger partial charge on any atom is 0.234 e. The van der Waals surface area contributed by atoms with Crippen molar-refractivity contribution in [2.75, 3.05) is 11.1 Å². The zero-order valence-corrected chi connectivity index (χ0v) is 14.6. The molecule has 2 aromatic rings. The third kappa shape index (κ3) is 4.82. The molecule has 0 fully saturated rings. The SMILES string of the molecule is CCn1c(CCC(N)=O)nnc1SCC(=O)Nc1ccccc1C. The van der Waals surface area contributed by atoms with Crippen molar-refractivity contribution >= 4 is 29.3 Å². The third-order valence-corrected chi connectivity index (χ3v) is 4.42. The van der Waals surface area contributed by atoms with Crippen LogP contribution < -0.4 is 11.1 Å². The third-order valence-electron chi connectivity index (χ3n) is 3.46. The summed E-state index contributed by atoms with van der Waals surface area (Å²) in [6.07, 6.45) is 0.683. The minimum Gasteiger partial charge on any atom is -0.370 e. The second-order valence-electron chi connectivity index (χ2n) is 5.26. The number of rotatable bonds is 8. The van der Waals surface area contributed by atoms with Gasteiger partial charge in [0.05, 0.1) is 5.75 Å². The molecule has 7 nitrogen and oxygen atoms in total. The summed E-state index contributed by atoms with van der Waals surface area (Å²) in [6, 6.07) is 7.63. The second kappa shape index (κ2) is 8.49. The minimum atomic E-state index is -0.368. The Balaban J connectivity index is 1.95. The van der Waals surface area contributed by atoms with Gasteiger partial charge in [-0.1, -0.05) is 30.0 Å². The fourth-order valence-electron chi connectivity index (χ4n) is 2.19. The Hall–Kier alpha value is -2.35. The Labute approximate surface area is 145 Å². The normalized spacial score (nSPS) is 10.6. The van der Waals surface area contributed by atoms with Gasteiger partial charge in [-0.05, 0) is 25.5 Å². The van der Waals surface area contributed by atoms with Crippen LogP contribution in [0.25, 0.3) is 0 Å². The molecule has 24 heavy (non-hydrogen) atoms. The van der Waals surface area contributed by atoms with Crippen LogP contribution in [0.3, 0.4) is 0 Å². The molecule has 0 spiro atoms. The fraction of sp³-hybridized carbons (Fsp3) is 0.375. The van der Waals surface area contributed by atoms with Crippen molar-refractivity contribution in [2.45, 2.75) is 38.4 Å². The fourth-order valence-corrected chi connectivity index (χ4v) is 3.01. The van der Waals surface area contributed by atoms with Gasteiger partial charge in [0.25, 0.3) is 0 Å². The van der Waals surface area contributed by atoms with Crippen molar-refractivity contribution < 1.29 is 9.59 Å². The maximum atomic E-state index is 12.1. The van der Waals surface area contributed by atoms with Crippen LogP contribution in [0.1, 0.15) is 24.7 Å². The van der Waals surface area contributed by atoms with Crippen molar-refractivity contribution in [3.05, 3.63) is 35.7 Å². The first-order chi connectivity index (χ1) is 11.5. The summed E-state index contributed by atoms with van der Waals surface area (Å²) >= 11 is 1.32. The predicted octanol–water partition coefficient (Wildman–Crippen LogP) is 1.76. The van der Waals surface area contributed by atoms with Crippen LogP contribution in [0.4, 0.5) is 5.69 Å². The molecule has 1 aromatic heterocycles. The lowest BCUT2D eigenvalue weighted by atomic mass is 10.2. The predicted molar refractivity (Wildman–Crippen MR) is 93.7 cm³/mol. The largest absolute Gasteiger partial charge is 0.370 e. The number of hydrogen-bond donors (Lipinski definition) is 2. The Bertz CT molecular complexity index is 729. The van der Waals surface area contributed by atoms with Crippen LogP contribution in [-0.4, -0.2) is 32.3 Å². The molecule has 1 aromatic carbocycles. The average molecular weight is 347 g/mol. The molecular formula is C16H21N5O2S. The number of primary amides is 1. The van der Waals surface area contributed by atoms with Crippen LogP contribution in [0.5, 0.6) is 0 Å². The molecule has 2 amide bonds. The maximum absolute atomic E-state index is 12.1. The lowest BCUT2D eigenvalue weighted by molar-refractivity contribution is -0.118. The molecule has 0 saturated carbocycles. The smallest absolute Gasteiger partial charge is 0.234 e. The van der Waals surface area contributed by atoms with E-state index in [-0.39, 0.29) is 24.0 Å². The van der Waals surface area contributed by atoms with Crippen LogP contribution in [0.15, 0.2) is 29.4 Å². The Morgan fingerprint density at radius 1 is 1.29 bits per heavy atom. The molecule has 8 heteroatoms. The zero-order chi connectivity index (χ0) is 17.5. The number of benzene rings is 1. The molecule has 0 bridgehead atoms. The van der Waals surface area contributed by atoms with E-state index in [4.69, 9.17) is 5.73 Å². The summed E-state index contributed by atoms with van der Waals surface area (Å²) < 4.78 is 1.90. The molecule has 0 unspecified atom stereocenters. The van der Waals surface area contributed by atoms with Gasteiger partial charge in [-0.2, -0.15) is 0 Å². The molecule has 0 radical (unpaired) electrons. The van der Waals surface area contributed by atoms with Crippen LogP contribution in [0, 0.1) is 6.92 Å². The van der Waals surface area contributed by atoms with Gasteiger partial charge in [-0.25, -0.2) is 0 Å². The Kier molecular flexibility index (Phi) is 6.36. The van der Waals surface area contributed by atoms with Gasteiger partial charge >= 0.3 is 0 Å². The molecule has 3 N–H and O–H groups in total. The van der Waals surface area contributed by atoms with E-state index in [9.17, 15) is 9.59 Å². The number of aryl methyl sites for hydroxylation is 2. The standard InChI is InChI=1S/C16H21N5O2S/c1-3-21-14(9-8-13(17)22)19-20-16(21)24-10-15(23)18-12-7-5-4-6-11(12)2/h4-7H,3,8-10H2,1-2H3,(H2,17,22)(H,18,23). The second-order valence-corrected chi connectivity index (χ2v) is 6.20. The monoisotopic (exact) mass is 347 g/mol. The highest BCUT2D eigenvalue weighted by Crippen LogP contribution is 2.19. The number of nitrogens with two attached hydrogens (primary N) is 1. The lowest BCUT2D eigenvalue weighted by Gasteiger charge is -2.09. The molecule has 0 atom stereocenters. The molecule has 0 aliphatic rings. The van der Waals surface area contributed by atoms with E-state index < -0.39 is 0 Å². The lowest BCUT2D eigenvalue weighted by Crippen LogP contribution is -2.16. The van der Waals surface area contributed by atoms with Crippen molar-refractivity contribution in [1.82, 2.24) is 14.8 Å². The first-order valence-corrected chi connectivity index (χ1v) is 8.68. The van der Waals surface area contributed by atoms with E-state index in [1.165, 1.54) is 11.8 Å². The molecule has 2 rings (SSSR count). The number of para-hydroxylation sites is 1. The molecule has 1 heterocycles. The Morgan fingerprint density at radius 3 is 2.71 bits per heavy atom. The first-order valence-electron chi connectivity index (χ1n) is 7.70. The van der Waals surface area contributed by atoms with Gasteiger partial charge in [0.15, 0.2) is 5.16 Å². The zero-order valence-electron chi connectivity index (χ0n) is 13.8. The number of aromatic nitrogens is 3. The number of carbonyl (C=O) groups is 2. The quantitative estimate of drug-likeness (QED) is 0.708. The van der Waals surface area contributed by atoms with Crippen molar-refractivity contribution in [3.63, 3.8) is 0 Å². The summed E-state index contributed by atoms with van der Waals surface area (Å²) in [7, 11) is 0. The van der Waals surface area contributed by atoms with Crippen molar-refractivity contribution in [2.24, 2.45) is 5.73 Å². The van der Waals surface area contributed by atoms with E-state index in [0.29, 0.717) is 23.9 Å². The van der Waals surface area contributed by atoms with Gasteiger partial charge in [0.1, 0.15) is 5.82 Å². The number of nitrogens with zero attached hydrogens (tertiary/aromatic N) is 3. The first kappa shape index (κ1) is 18.0. The van der Waals surface area contributed by atoms with Gasteiger partial charge in [-0.3, -0.25) is 9.59 Å². The summed E-state index contributed by atoms with van der Waals surface area (Å²) in [6.45, 7) is 4.58. The molecule has 0 aliphatic carbocycles. The van der Waals surface area contributed by atoms with Gasteiger partial charge < -0.3 is 15.6 Å². The number of thioether (sulfide) groups is 1. The molecule has 0 aliphatic heterocycles.